The van der Waals surface area contributed by atoms with Gasteiger partial charge in [0, 0.05) is 23.2 Å². The van der Waals surface area contributed by atoms with Crippen molar-refractivity contribution in [2.75, 3.05) is 5.32 Å². The second-order valence-corrected chi connectivity index (χ2v) is 7.31. The summed E-state index contributed by atoms with van der Waals surface area (Å²) in [7, 11) is 0. The third-order valence-corrected chi connectivity index (χ3v) is 5.03. The van der Waals surface area contributed by atoms with Gasteiger partial charge in [-0.15, -0.1) is 0 Å². The van der Waals surface area contributed by atoms with Crippen LogP contribution in [0.4, 0.5) is 5.82 Å². The van der Waals surface area contributed by atoms with Gasteiger partial charge < -0.3 is 5.32 Å². The van der Waals surface area contributed by atoms with Crippen LogP contribution in [-0.4, -0.2) is 15.7 Å². The lowest BCUT2D eigenvalue weighted by Gasteiger charge is -2.04. The number of nitrogens with zero attached hydrogens (tertiary/aromatic N) is 2. The average molecular weight is 366 g/mol. The van der Waals surface area contributed by atoms with Gasteiger partial charge in [0.15, 0.2) is 5.82 Å². The Balaban J connectivity index is 1.35. The molecule has 132 valence electrons. The number of benzene rings is 2. The van der Waals surface area contributed by atoms with Crippen molar-refractivity contribution < 1.29 is 4.79 Å². The molecule has 1 aromatic heterocycles. The summed E-state index contributed by atoms with van der Waals surface area (Å²) < 4.78 is 1.84. The van der Waals surface area contributed by atoms with E-state index < -0.39 is 0 Å². The second kappa shape index (κ2) is 6.96. The van der Waals surface area contributed by atoms with Crippen molar-refractivity contribution in [1.82, 2.24) is 9.78 Å². The summed E-state index contributed by atoms with van der Waals surface area (Å²) in [6.07, 6.45) is 2.76. The monoisotopic (exact) mass is 365 g/mol. The number of hydrogen-bond acceptors (Lipinski definition) is 2. The van der Waals surface area contributed by atoms with Crippen molar-refractivity contribution in [2.24, 2.45) is 5.92 Å². The summed E-state index contributed by atoms with van der Waals surface area (Å²) in [6, 6.07) is 17.9. The minimum Gasteiger partial charge on any atom is -0.309 e. The van der Waals surface area contributed by atoms with Crippen molar-refractivity contribution in [3.05, 3.63) is 82.5 Å². The van der Waals surface area contributed by atoms with Crippen LogP contribution < -0.4 is 5.32 Å². The molecule has 0 aliphatic heterocycles. The van der Waals surface area contributed by atoms with E-state index in [2.05, 4.69) is 41.6 Å². The van der Waals surface area contributed by atoms with Gasteiger partial charge in [-0.2, -0.15) is 5.10 Å². The lowest BCUT2D eigenvalue weighted by Crippen LogP contribution is -2.15. The van der Waals surface area contributed by atoms with Gasteiger partial charge in [-0.05, 0) is 42.5 Å². The number of anilines is 1. The summed E-state index contributed by atoms with van der Waals surface area (Å²) in [5, 5.41) is 8.11. The number of carbonyl (C=O) groups is 1. The van der Waals surface area contributed by atoms with Crippen LogP contribution >= 0.6 is 11.6 Å². The molecule has 0 spiro atoms. The molecule has 0 bridgehead atoms. The molecule has 2 unspecified atom stereocenters. The molecule has 1 aliphatic carbocycles. The summed E-state index contributed by atoms with van der Waals surface area (Å²) in [6.45, 7) is 2.76. The largest absolute Gasteiger partial charge is 0.309 e. The zero-order valence-electron chi connectivity index (χ0n) is 14.5. The normalized spacial score (nSPS) is 18.5. The molecular formula is C21H20ClN3O. The van der Waals surface area contributed by atoms with Crippen molar-refractivity contribution in [3.63, 3.8) is 0 Å². The van der Waals surface area contributed by atoms with Crippen molar-refractivity contribution in [3.8, 4) is 0 Å². The first-order valence-electron chi connectivity index (χ1n) is 8.74. The van der Waals surface area contributed by atoms with E-state index in [1.807, 2.05) is 41.2 Å². The molecule has 4 nitrogen and oxygen atoms in total. The van der Waals surface area contributed by atoms with Crippen molar-refractivity contribution in [1.29, 1.82) is 0 Å². The first kappa shape index (κ1) is 16.9. The number of hydrogen-bond donors (Lipinski definition) is 1. The Labute approximate surface area is 157 Å². The quantitative estimate of drug-likeness (QED) is 0.716. The smallest absolute Gasteiger partial charge is 0.229 e. The third-order valence-electron chi connectivity index (χ3n) is 4.78. The van der Waals surface area contributed by atoms with Gasteiger partial charge in [0.05, 0.1) is 6.54 Å². The van der Waals surface area contributed by atoms with Gasteiger partial charge in [-0.3, -0.25) is 9.48 Å². The molecule has 1 N–H and O–H groups in total. The Morgan fingerprint density at radius 3 is 2.62 bits per heavy atom. The van der Waals surface area contributed by atoms with Crippen molar-refractivity contribution in [2.45, 2.75) is 25.8 Å². The highest BCUT2D eigenvalue weighted by Crippen LogP contribution is 2.48. The summed E-state index contributed by atoms with van der Waals surface area (Å²) in [4.78, 5) is 12.4. The zero-order valence-corrected chi connectivity index (χ0v) is 15.3. The Bertz CT molecular complexity index is 915. The molecule has 1 fully saturated rings. The Morgan fingerprint density at radius 1 is 1.15 bits per heavy atom. The van der Waals surface area contributed by atoms with Gasteiger partial charge in [-0.25, -0.2) is 0 Å². The number of nitrogens with one attached hydrogen (secondary N) is 1. The van der Waals surface area contributed by atoms with E-state index in [0.717, 1.165) is 11.4 Å². The standard InChI is InChI=1S/C21H20ClN3O/c1-14-2-4-15(5-3-14)13-25-11-10-20(24-25)23-21(26)19-12-18(19)16-6-8-17(22)9-7-16/h2-11,18-19H,12-13H2,1H3,(H,23,24,26). The van der Waals surface area contributed by atoms with Crippen LogP contribution in [0.5, 0.6) is 0 Å². The molecule has 0 radical (unpaired) electrons. The van der Waals surface area contributed by atoms with Crippen LogP contribution in [0.2, 0.25) is 5.02 Å². The average Bonchev–Trinajstić information content (AvgIpc) is 3.32. The van der Waals surface area contributed by atoms with Gasteiger partial charge >= 0.3 is 0 Å². The molecule has 1 aliphatic rings. The molecule has 3 aromatic rings. The van der Waals surface area contributed by atoms with E-state index in [0.29, 0.717) is 12.4 Å². The van der Waals surface area contributed by atoms with E-state index in [4.69, 9.17) is 11.6 Å². The summed E-state index contributed by atoms with van der Waals surface area (Å²) >= 11 is 5.92. The molecule has 1 saturated carbocycles. The number of carbonyl (C=O) groups excluding carboxylic acids is 1. The predicted molar refractivity (Wildman–Crippen MR) is 103 cm³/mol. The fourth-order valence-electron chi connectivity index (χ4n) is 3.18. The van der Waals surface area contributed by atoms with E-state index >= 15 is 0 Å². The number of aromatic nitrogens is 2. The highest BCUT2D eigenvalue weighted by Gasteiger charge is 2.44. The maximum Gasteiger partial charge on any atom is 0.229 e. The third kappa shape index (κ3) is 3.81. The lowest BCUT2D eigenvalue weighted by atomic mass is 10.1. The van der Waals surface area contributed by atoms with E-state index in [9.17, 15) is 4.79 Å². The molecule has 5 heteroatoms. The summed E-state index contributed by atoms with van der Waals surface area (Å²) in [5.41, 5.74) is 3.59. The van der Waals surface area contributed by atoms with Gasteiger partial charge in [0.25, 0.3) is 0 Å². The molecule has 0 saturated heterocycles. The van der Waals surface area contributed by atoms with Gasteiger partial charge in [0.2, 0.25) is 5.91 Å². The van der Waals surface area contributed by atoms with Crippen LogP contribution in [-0.2, 0) is 11.3 Å². The zero-order chi connectivity index (χ0) is 18.1. The molecule has 2 atom stereocenters. The fraction of sp³-hybridized carbons (Fsp3) is 0.238. The fourth-order valence-corrected chi connectivity index (χ4v) is 3.31. The highest BCUT2D eigenvalue weighted by molar-refractivity contribution is 6.30. The first-order valence-corrected chi connectivity index (χ1v) is 9.11. The Morgan fingerprint density at radius 2 is 1.88 bits per heavy atom. The van der Waals surface area contributed by atoms with Crippen LogP contribution in [0.25, 0.3) is 0 Å². The number of aryl methyl sites for hydroxylation is 1. The molecular weight excluding hydrogens is 346 g/mol. The highest BCUT2D eigenvalue weighted by atomic mass is 35.5. The minimum atomic E-state index is 0.0124. The lowest BCUT2D eigenvalue weighted by molar-refractivity contribution is -0.117. The molecule has 2 aromatic carbocycles. The summed E-state index contributed by atoms with van der Waals surface area (Å²) in [5.74, 6) is 0.926. The Kier molecular flexibility index (Phi) is 4.51. The predicted octanol–water partition coefficient (Wildman–Crippen LogP) is 4.64. The van der Waals surface area contributed by atoms with Crippen molar-refractivity contribution >= 4 is 23.3 Å². The molecule has 26 heavy (non-hydrogen) atoms. The van der Waals surface area contributed by atoms with E-state index in [1.165, 1.54) is 16.7 Å². The SMILES string of the molecule is Cc1ccc(Cn2ccc(NC(=O)C3CC3c3ccc(Cl)cc3)n2)cc1. The number of halogens is 1. The number of amides is 1. The molecule has 1 amide bonds. The van der Waals surface area contributed by atoms with Crippen LogP contribution in [0.15, 0.2) is 60.8 Å². The second-order valence-electron chi connectivity index (χ2n) is 6.87. The maximum atomic E-state index is 12.4. The maximum absolute atomic E-state index is 12.4. The van der Waals surface area contributed by atoms with Crippen LogP contribution in [0.3, 0.4) is 0 Å². The van der Waals surface area contributed by atoms with Gasteiger partial charge in [0.1, 0.15) is 0 Å². The number of rotatable bonds is 5. The molecule has 1 heterocycles. The topological polar surface area (TPSA) is 46.9 Å². The van der Waals surface area contributed by atoms with Crippen LogP contribution in [0.1, 0.15) is 29.0 Å². The van der Waals surface area contributed by atoms with Gasteiger partial charge in [-0.1, -0.05) is 53.6 Å². The molecule has 4 rings (SSSR count). The van der Waals surface area contributed by atoms with Crippen LogP contribution in [0, 0.1) is 12.8 Å². The minimum absolute atomic E-state index is 0.0124. The Hall–Kier alpha value is -2.59. The first-order chi connectivity index (χ1) is 12.6. The van der Waals surface area contributed by atoms with E-state index in [-0.39, 0.29) is 17.7 Å². The van der Waals surface area contributed by atoms with E-state index in [1.54, 1.807) is 0 Å².